The van der Waals surface area contributed by atoms with E-state index >= 15 is 0 Å². The van der Waals surface area contributed by atoms with Gasteiger partial charge in [0.05, 0.1) is 6.10 Å². The Bertz CT molecular complexity index is 214. The van der Waals surface area contributed by atoms with Crippen molar-refractivity contribution in [3.63, 3.8) is 0 Å². The van der Waals surface area contributed by atoms with E-state index in [-0.39, 0.29) is 25.7 Å². The third-order valence-electron chi connectivity index (χ3n) is 2.15. The van der Waals surface area contributed by atoms with Crippen LogP contribution >= 0.6 is 0 Å². The van der Waals surface area contributed by atoms with E-state index in [1.807, 2.05) is 0 Å². The summed E-state index contributed by atoms with van der Waals surface area (Å²) in [6.07, 6.45) is -6.35. The molecule has 6 heteroatoms. The summed E-state index contributed by atoms with van der Waals surface area (Å²) >= 11 is 0. The van der Waals surface area contributed by atoms with Crippen LogP contribution in [0.3, 0.4) is 0 Å². The second-order valence-corrected chi connectivity index (χ2v) is 3.30. The maximum absolute atomic E-state index is 12.1. The fraction of sp³-hybridized carbons (Fsp3) is 0.875. The van der Waals surface area contributed by atoms with Crippen molar-refractivity contribution in [3.8, 4) is 0 Å². The highest BCUT2D eigenvalue weighted by Crippen LogP contribution is 2.34. The number of carboxylic acid groups (broad SMARTS) is 1. The van der Waals surface area contributed by atoms with Gasteiger partial charge in [-0.15, -0.1) is 0 Å². The van der Waals surface area contributed by atoms with Crippen molar-refractivity contribution < 1.29 is 27.8 Å². The van der Waals surface area contributed by atoms with Crippen LogP contribution in [0.5, 0.6) is 0 Å². The second kappa shape index (κ2) is 4.16. The second-order valence-electron chi connectivity index (χ2n) is 3.30. The molecule has 0 saturated carbocycles. The van der Waals surface area contributed by atoms with Gasteiger partial charge in [0.2, 0.25) is 0 Å². The molecule has 0 aromatic carbocycles. The molecular formula is C8H11F3O3. The first-order valence-corrected chi connectivity index (χ1v) is 4.33. The molecule has 1 aliphatic rings. The monoisotopic (exact) mass is 212 g/mol. The fourth-order valence-electron chi connectivity index (χ4n) is 1.44. The Balaban J connectivity index is 2.31. The number of carboxylic acids is 1. The van der Waals surface area contributed by atoms with Gasteiger partial charge < -0.3 is 9.84 Å². The van der Waals surface area contributed by atoms with Crippen LogP contribution in [0, 0.1) is 0 Å². The van der Waals surface area contributed by atoms with Gasteiger partial charge in [0.25, 0.3) is 0 Å². The molecule has 0 amide bonds. The lowest BCUT2D eigenvalue weighted by Crippen LogP contribution is -2.28. The van der Waals surface area contributed by atoms with Crippen molar-refractivity contribution >= 4 is 5.97 Å². The SMILES string of the molecule is O=C(O)CCC1CCC(C(F)(F)F)O1. The van der Waals surface area contributed by atoms with Crippen molar-refractivity contribution in [2.45, 2.75) is 44.1 Å². The van der Waals surface area contributed by atoms with E-state index in [0.717, 1.165) is 0 Å². The normalized spacial score (nSPS) is 27.9. The van der Waals surface area contributed by atoms with Crippen LogP contribution in [0.2, 0.25) is 0 Å². The van der Waals surface area contributed by atoms with Crippen LogP contribution in [-0.2, 0) is 9.53 Å². The van der Waals surface area contributed by atoms with Crippen molar-refractivity contribution in [1.82, 2.24) is 0 Å². The van der Waals surface area contributed by atoms with Crippen molar-refractivity contribution in [1.29, 1.82) is 0 Å². The van der Waals surface area contributed by atoms with Gasteiger partial charge in [0.15, 0.2) is 6.10 Å². The molecule has 1 N–H and O–H groups in total. The van der Waals surface area contributed by atoms with Crippen molar-refractivity contribution in [2.24, 2.45) is 0 Å². The van der Waals surface area contributed by atoms with Crippen molar-refractivity contribution in [3.05, 3.63) is 0 Å². The molecule has 1 rings (SSSR count). The topological polar surface area (TPSA) is 46.5 Å². The van der Waals surface area contributed by atoms with E-state index < -0.39 is 24.4 Å². The van der Waals surface area contributed by atoms with Gasteiger partial charge >= 0.3 is 12.1 Å². The van der Waals surface area contributed by atoms with E-state index in [2.05, 4.69) is 4.74 Å². The third-order valence-corrected chi connectivity index (χ3v) is 2.15. The molecule has 2 unspecified atom stereocenters. The Morgan fingerprint density at radius 2 is 2.07 bits per heavy atom. The zero-order chi connectivity index (χ0) is 10.8. The fourth-order valence-corrected chi connectivity index (χ4v) is 1.44. The maximum atomic E-state index is 12.1. The standard InChI is InChI=1S/C8H11F3O3/c9-8(10,11)6-3-1-5(14-6)2-4-7(12)13/h5-6H,1-4H2,(H,12,13). The van der Waals surface area contributed by atoms with Gasteiger partial charge in [0.1, 0.15) is 0 Å². The lowest BCUT2D eigenvalue weighted by Gasteiger charge is -2.15. The number of aliphatic carboxylic acids is 1. The van der Waals surface area contributed by atoms with E-state index in [1.54, 1.807) is 0 Å². The Labute approximate surface area is 78.9 Å². The van der Waals surface area contributed by atoms with Gasteiger partial charge in [-0.2, -0.15) is 13.2 Å². The van der Waals surface area contributed by atoms with E-state index in [9.17, 15) is 18.0 Å². The minimum Gasteiger partial charge on any atom is -0.481 e. The van der Waals surface area contributed by atoms with Crippen LogP contribution in [0.25, 0.3) is 0 Å². The predicted octanol–water partition coefficient (Wildman–Crippen LogP) is 1.96. The van der Waals surface area contributed by atoms with Gasteiger partial charge in [-0.1, -0.05) is 0 Å². The summed E-state index contributed by atoms with van der Waals surface area (Å²) in [5.41, 5.74) is 0. The van der Waals surface area contributed by atoms with Crippen LogP contribution in [0.15, 0.2) is 0 Å². The number of alkyl halides is 3. The molecule has 82 valence electrons. The average molecular weight is 212 g/mol. The lowest BCUT2D eigenvalue weighted by atomic mass is 10.1. The molecule has 1 saturated heterocycles. The molecule has 1 fully saturated rings. The molecule has 0 aromatic heterocycles. The Kier molecular flexibility index (Phi) is 3.36. The zero-order valence-corrected chi connectivity index (χ0v) is 7.38. The smallest absolute Gasteiger partial charge is 0.414 e. The molecule has 1 aliphatic heterocycles. The number of halogens is 3. The highest BCUT2D eigenvalue weighted by Gasteiger charge is 2.45. The largest absolute Gasteiger partial charge is 0.481 e. The lowest BCUT2D eigenvalue weighted by molar-refractivity contribution is -0.215. The number of hydrogen-bond acceptors (Lipinski definition) is 2. The number of rotatable bonds is 3. The summed E-state index contributed by atoms with van der Waals surface area (Å²) in [5.74, 6) is -1.01. The Morgan fingerprint density at radius 3 is 2.50 bits per heavy atom. The maximum Gasteiger partial charge on any atom is 0.414 e. The summed E-state index contributed by atoms with van der Waals surface area (Å²) < 4.78 is 41.0. The first kappa shape index (κ1) is 11.3. The van der Waals surface area contributed by atoms with Gasteiger partial charge in [-0.05, 0) is 19.3 Å². The molecule has 0 aromatic rings. The van der Waals surface area contributed by atoms with Gasteiger partial charge in [-0.25, -0.2) is 0 Å². The third kappa shape index (κ3) is 3.17. The molecule has 0 radical (unpaired) electrons. The summed E-state index contributed by atoms with van der Waals surface area (Å²) in [6.45, 7) is 0. The van der Waals surface area contributed by atoms with Crippen LogP contribution in [0.4, 0.5) is 13.2 Å². The first-order valence-electron chi connectivity index (χ1n) is 4.33. The number of hydrogen-bond donors (Lipinski definition) is 1. The molecular weight excluding hydrogens is 201 g/mol. The first-order chi connectivity index (χ1) is 6.39. The molecule has 2 atom stereocenters. The van der Waals surface area contributed by atoms with E-state index in [4.69, 9.17) is 5.11 Å². The van der Waals surface area contributed by atoms with Gasteiger partial charge in [-0.3, -0.25) is 4.79 Å². The minimum absolute atomic E-state index is 0.0617. The zero-order valence-electron chi connectivity index (χ0n) is 7.38. The highest BCUT2D eigenvalue weighted by molar-refractivity contribution is 5.66. The molecule has 0 aliphatic carbocycles. The molecule has 14 heavy (non-hydrogen) atoms. The minimum atomic E-state index is -4.32. The van der Waals surface area contributed by atoms with Gasteiger partial charge in [0, 0.05) is 6.42 Å². The number of ether oxygens (including phenoxy) is 1. The molecule has 0 spiro atoms. The molecule has 0 bridgehead atoms. The summed E-state index contributed by atoms with van der Waals surface area (Å²) in [5, 5.41) is 8.32. The van der Waals surface area contributed by atoms with Crippen LogP contribution in [0.1, 0.15) is 25.7 Å². The van der Waals surface area contributed by atoms with Crippen molar-refractivity contribution in [2.75, 3.05) is 0 Å². The average Bonchev–Trinajstić information content (AvgIpc) is 2.47. The summed E-state index contributed by atoms with van der Waals surface area (Å²) in [7, 11) is 0. The predicted molar refractivity (Wildman–Crippen MR) is 40.8 cm³/mol. The molecule has 1 heterocycles. The van der Waals surface area contributed by atoms with E-state index in [0.29, 0.717) is 0 Å². The summed E-state index contributed by atoms with van der Waals surface area (Å²) in [6, 6.07) is 0. The van der Waals surface area contributed by atoms with Crippen LogP contribution in [-0.4, -0.2) is 29.5 Å². The van der Waals surface area contributed by atoms with E-state index in [1.165, 1.54) is 0 Å². The quantitative estimate of drug-likeness (QED) is 0.777. The molecule has 3 nitrogen and oxygen atoms in total. The number of carbonyl (C=O) groups is 1. The summed E-state index contributed by atoms with van der Waals surface area (Å²) in [4.78, 5) is 10.2. The Hall–Kier alpha value is -0.780. The van der Waals surface area contributed by atoms with Crippen LogP contribution < -0.4 is 0 Å². The Morgan fingerprint density at radius 1 is 1.43 bits per heavy atom. The highest BCUT2D eigenvalue weighted by atomic mass is 19.4.